The predicted molar refractivity (Wildman–Crippen MR) is 55.4 cm³/mol. The first-order valence-corrected chi connectivity index (χ1v) is 4.78. The molecule has 3 nitrogen and oxygen atoms in total. The van der Waals surface area contributed by atoms with Crippen LogP contribution in [0, 0.1) is 17.2 Å². The van der Waals surface area contributed by atoms with Crippen molar-refractivity contribution in [2.75, 3.05) is 6.54 Å². The van der Waals surface area contributed by atoms with Crippen LogP contribution in [-0.2, 0) is 0 Å². The first-order valence-electron chi connectivity index (χ1n) is 4.78. The number of nitrogens with zero attached hydrogens (tertiary/aromatic N) is 2. The van der Waals surface area contributed by atoms with Gasteiger partial charge in [-0.15, -0.1) is 0 Å². The minimum absolute atomic E-state index is 0.293. The Balaban J connectivity index is 2.60. The second kappa shape index (κ2) is 5.36. The molecule has 1 N–H and O–H groups in total. The molecule has 0 bridgehead atoms. The van der Waals surface area contributed by atoms with Crippen molar-refractivity contribution in [1.29, 1.82) is 5.26 Å². The number of rotatable bonds is 4. The molecule has 1 heterocycles. The predicted octanol–water partition coefficient (Wildman–Crippen LogP) is 1.89. The topological polar surface area (TPSA) is 48.7 Å². The van der Waals surface area contributed by atoms with Crippen molar-refractivity contribution in [1.82, 2.24) is 10.3 Å². The van der Waals surface area contributed by atoms with Crippen LogP contribution in [-0.4, -0.2) is 11.5 Å². The molecule has 0 aliphatic carbocycles. The molecule has 0 saturated carbocycles. The van der Waals surface area contributed by atoms with Crippen molar-refractivity contribution >= 4 is 0 Å². The fourth-order valence-corrected chi connectivity index (χ4v) is 1.12. The number of hydrogen-bond donors (Lipinski definition) is 1. The molecule has 1 atom stereocenters. The Bertz CT molecular complexity index is 300. The van der Waals surface area contributed by atoms with Crippen molar-refractivity contribution in [2.45, 2.75) is 19.9 Å². The maximum Gasteiger partial charge on any atom is 0.138 e. The van der Waals surface area contributed by atoms with Crippen LogP contribution in [0.4, 0.5) is 0 Å². The van der Waals surface area contributed by atoms with E-state index in [1.54, 1.807) is 6.20 Å². The number of pyridine rings is 1. The van der Waals surface area contributed by atoms with Crippen molar-refractivity contribution < 1.29 is 0 Å². The van der Waals surface area contributed by atoms with Gasteiger partial charge < -0.3 is 0 Å². The first-order chi connectivity index (χ1) is 6.74. The molecule has 0 spiro atoms. The van der Waals surface area contributed by atoms with Gasteiger partial charge in [-0.2, -0.15) is 5.26 Å². The zero-order valence-electron chi connectivity index (χ0n) is 8.57. The highest BCUT2D eigenvalue weighted by molar-refractivity contribution is 5.15. The Labute approximate surface area is 84.8 Å². The maximum absolute atomic E-state index is 8.94. The summed E-state index contributed by atoms with van der Waals surface area (Å²) >= 11 is 0. The van der Waals surface area contributed by atoms with Crippen LogP contribution in [0.15, 0.2) is 24.4 Å². The van der Waals surface area contributed by atoms with Gasteiger partial charge in [0.15, 0.2) is 0 Å². The Morgan fingerprint density at radius 3 is 2.79 bits per heavy atom. The minimum Gasteiger partial charge on any atom is -0.297 e. The van der Waals surface area contributed by atoms with Crippen LogP contribution in [0.25, 0.3) is 0 Å². The molecule has 0 fully saturated rings. The smallest absolute Gasteiger partial charge is 0.138 e. The summed E-state index contributed by atoms with van der Waals surface area (Å²) in [5, 5.41) is 12.1. The van der Waals surface area contributed by atoms with E-state index in [1.165, 1.54) is 0 Å². The third-order valence-corrected chi connectivity index (χ3v) is 1.84. The van der Waals surface area contributed by atoms with E-state index in [4.69, 9.17) is 5.26 Å². The monoisotopic (exact) mass is 189 g/mol. The van der Waals surface area contributed by atoms with Gasteiger partial charge in [0.2, 0.25) is 0 Å². The molecule has 14 heavy (non-hydrogen) atoms. The van der Waals surface area contributed by atoms with E-state index in [2.05, 4.69) is 30.2 Å². The van der Waals surface area contributed by atoms with Gasteiger partial charge in [-0.25, -0.2) is 0 Å². The van der Waals surface area contributed by atoms with Gasteiger partial charge in [-0.05, 0) is 24.6 Å². The van der Waals surface area contributed by atoms with E-state index in [0.717, 1.165) is 12.2 Å². The number of nitriles is 1. The second-order valence-corrected chi connectivity index (χ2v) is 3.62. The highest BCUT2D eigenvalue weighted by atomic mass is 14.9. The average molecular weight is 189 g/mol. The second-order valence-electron chi connectivity index (χ2n) is 3.62. The van der Waals surface area contributed by atoms with Crippen molar-refractivity contribution in [3.05, 3.63) is 30.1 Å². The summed E-state index contributed by atoms with van der Waals surface area (Å²) in [5.41, 5.74) is 0.788. The molecule has 0 amide bonds. The Morgan fingerprint density at radius 2 is 2.29 bits per heavy atom. The van der Waals surface area contributed by atoms with Gasteiger partial charge in [-0.3, -0.25) is 10.3 Å². The van der Waals surface area contributed by atoms with Gasteiger partial charge in [0, 0.05) is 6.20 Å². The zero-order chi connectivity index (χ0) is 10.4. The number of aromatic nitrogens is 1. The number of hydrogen-bond acceptors (Lipinski definition) is 3. The van der Waals surface area contributed by atoms with Gasteiger partial charge in [-0.1, -0.05) is 19.9 Å². The molecule has 0 radical (unpaired) electrons. The molecule has 0 aliphatic rings. The Hall–Kier alpha value is -1.40. The molecule has 3 heteroatoms. The summed E-state index contributed by atoms with van der Waals surface area (Å²) in [5.74, 6) is 0.537. The Kier molecular flexibility index (Phi) is 4.09. The molecule has 1 aromatic rings. The van der Waals surface area contributed by atoms with Gasteiger partial charge in [0.05, 0.1) is 11.8 Å². The van der Waals surface area contributed by atoms with Gasteiger partial charge in [0.25, 0.3) is 0 Å². The lowest BCUT2D eigenvalue weighted by Gasteiger charge is -2.12. The molecule has 0 saturated heterocycles. The molecule has 1 rings (SSSR count). The van der Waals surface area contributed by atoms with Gasteiger partial charge >= 0.3 is 0 Å². The lowest BCUT2D eigenvalue weighted by molar-refractivity contribution is 0.519. The van der Waals surface area contributed by atoms with Crippen molar-refractivity contribution in [3.63, 3.8) is 0 Å². The van der Waals surface area contributed by atoms with Crippen LogP contribution in [0.1, 0.15) is 25.6 Å². The lowest BCUT2D eigenvalue weighted by Crippen LogP contribution is -2.24. The van der Waals surface area contributed by atoms with Crippen molar-refractivity contribution in [2.24, 2.45) is 5.92 Å². The van der Waals surface area contributed by atoms with E-state index in [9.17, 15) is 0 Å². The van der Waals surface area contributed by atoms with Crippen LogP contribution in [0.5, 0.6) is 0 Å². The first kappa shape index (κ1) is 10.7. The summed E-state index contributed by atoms with van der Waals surface area (Å²) in [6.45, 7) is 5.05. The minimum atomic E-state index is -0.293. The third kappa shape index (κ3) is 3.15. The van der Waals surface area contributed by atoms with E-state index >= 15 is 0 Å². The summed E-state index contributed by atoms with van der Waals surface area (Å²) in [7, 11) is 0. The zero-order valence-corrected chi connectivity index (χ0v) is 8.57. The molecule has 0 aliphatic heterocycles. The Morgan fingerprint density at radius 1 is 1.50 bits per heavy atom. The van der Waals surface area contributed by atoms with E-state index in [0.29, 0.717) is 5.92 Å². The van der Waals surface area contributed by atoms with Crippen LogP contribution < -0.4 is 5.32 Å². The summed E-state index contributed by atoms with van der Waals surface area (Å²) in [6, 6.07) is 7.51. The van der Waals surface area contributed by atoms with Crippen LogP contribution in [0.3, 0.4) is 0 Å². The summed E-state index contributed by atoms with van der Waals surface area (Å²) < 4.78 is 0. The number of nitrogens with one attached hydrogen (secondary N) is 1. The maximum atomic E-state index is 8.94. The molecule has 1 unspecified atom stereocenters. The average Bonchev–Trinajstić information content (AvgIpc) is 2.20. The third-order valence-electron chi connectivity index (χ3n) is 1.84. The SMILES string of the molecule is CC(C)CNC(C#N)c1ccccn1. The van der Waals surface area contributed by atoms with E-state index in [-0.39, 0.29) is 6.04 Å². The molecular formula is C11H15N3. The summed E-state index contributed by atoms with van der Waals surface area (Å²) in [6.07, 6.45) is 1.71. The molecule has 0 aromatic carbocycles. The highest BCUT2D eigenvalue weighted by Crippen LogP contribution is 2.08. The van der Waals surface area contributed by atoms with Crippen LogP contribution >= 0.6 is 0 Å². The van der Waals surface area contributed by atoms with Crippen LogP contribution in [0.2, 0.25) is 0 Å². The van der Waals surface area contributed by atoms with E-state index in [1.807, 2.05) is 18.2 Å². The normalized spacial score (nSPS) is 12.4. The fraction of sp³-hybridized carbons (Fsp3) is 0.455. The van der Waals surface area contributed by atoms with E-state index < -0.39 is 0 Å². The fourth-order valence-electron chi connectivity index (χ4n) is 1.12. The molecular weight excluding hydrogens is 174 g/mol. The van der Waals surface area contributed by atoms with Gasteiger partial charge in [0.1, 0.15) is 6.04 Å². The highest BCUT2D eigenvalue weighted by Gasteiger charge is 2.10. The van der Waals surface area contributed by atoms with Crippen molar-refractivity contribution in [3.8, 4) is 6.07 Å². The molecule has 74 valence electrons. The quantitative estimate of drug-likeness (QED) is 0.786. The largest absolute Gasteiger partial charge is 0.297 e. The summed E-state index contributed by atoms with van der Waals surface area (Å²) in [4.78, 5) is 4.14. The lowest BCUT2D eigenvalue weighted by atomic mass is 10.1. The molecule has 1 aromatic heterocycles. The standard InChI is InChI=1S/C11H15N3/c1-9(2)8-14-11(7-12)10-5-3-4-6-13-10/h3-6,9,11,14H,8H2,1-2H3.